The molecule has 6 heteroatoms. The Morgan fingerprint density at radius 3 is 2.33 bits per heavy atom. The van der Waals surface area contributed by atoms with E-state index in [1.165, 1.54) is 0 Å². The monoisotopic (exact) mass is 350 g/mol. The number of sulfonamides is 1. The molecule has 2 fully saturated rings. The third kappa shape index (κ3) is 3.81. The first-order valence-electron chi connectivity index (χ1n) is 8.83. The van der Waals surface area contributed by atoms with Crippen LogP contribution in [0.15, 0.2) is 29.2 Å². The predicted octanol–water partition coefficient (Wildman–Crippen LogP) is 2.27. The summed E-state index contributed by atoms with van der Waals surface area (Å²) in [5.41, 5.74) is 1.07. The van der Waals surface area contributed by atoms with Gasteiger partial charge < -0.3 is 4.90 Å². The van der Waals surface area contributed by atoms with Gasteiger partial charge in [-0.25, -0.2) is 8.42 Å². The minimum Gasteiger partial charge on any atom is -0.342 e. The molecule has 132 valence electrons. The van der Waals surface area contributed by atoms with Gasteiger partial charge in [0.25, 0.3) is 0 Å². The van der Waals surface area contributed by atoms with Crippen molar-refractivity contribution < 1.29 is 13.2 Å². The van der Waals surface area contributed by atoms with Gasteiger partial charge in [-0.15, -0.1) is 0 Å². The molecular formula is C18H26N2O3S. The van der Waals surface area contributed by atoms with E-state index >= 15 is 0 Å². The maximum absolute atomic E-state index is 12.7. The molecule has 3 rings (SSSR count). The second-order valence-electron chi connectivity index (χ2n) is 6.96. The Bertz CT molecular complexity index is 677. The molecule has 0 bridgehead atoms. The molecule has 2 aliphatic heterocycles. The third-order valence-corrected chi connectivity index (χ3v) is 7.06. The molecule has 0 atom stereocenters. The smallest absolute Gasteiger partial charge is 0.243 e. The van der Waals surface area contributed by atoms with E-state index < -0.39 is 10.0 Å². The first-order valence-corrected chi connectivity index (χ1v) is 10.3. The molecule has 0 aromatic heterocycles. The SMILES string of the molecule is CC1CCN(S(=O)(=O)c2ccc(CCN3CCCC3=O)cc2)CC1. The second kappa shape index (κ2) is 7.23. The number of likely N-dealkylation sites (tertiary alicyclic amines) is 1. The molecule has 24 heavy (non-hydrogen) atoms. The average molecular weight is 350 g/mol. The Morgan fingerprint density at radius 1 is 1.08 bits per heavy atom. The number of piperidine rings is 1. The van der Waals surface area contributed by atoms with Gasteiger partial charge in [0.1, 0.15) is 0 Å². The van der Waals surface area contributed by atoms with Gasteiger partial charge in [-0.3, -0.25) is 4.79 Å². The van der Waals surface area contributed by atoms with Crippen LogP contribution in [0.3, 0.4) is 0 Å². The number of hydrogen-bond acceptors (Lipinski definition) is 3. The molecule has 0 N–H and O–H groups in total. The summed E-state index contributed by atoms with van der Waals surface area (Å²) in [7, 11) is -3.37. The van der Waals surface area contributed by atoms with Crippen molar-refractivity contribution in [3.05, 3.63) is 29.8 Å². The minimum atomic E-state index is -3.37. The van der Waals surface area contributed by atoms with Crippen LogP contribution < -0.4 is 0 Å². The number of amides is 1. The molecule has 0 unspecified atom stereocenters. The molecule has 0 saturated carbocycles. The average Bonchev–Trinajstić information content (AvgIpc) is 2.99. The summed E-state index contributed by atoms with van der Waals surface area (Å²) in [6.07, 6.45) is 4.24. The fourth-order valence-corrected chi connectivity index (χ4v) is 4.88. The zero-order valence-corrected chi connectivity index (χ0v) is 15.1. The predicted molar refractivity (Wildman–Crippen MR) is 93.1 cm³/mol. The Hall–Kier alpha value is -1.40. The molecule has 1 amide bonds. The first-order chi connectivity index (χ1) is 11.5. The Labute approximate surface area is 144 Å². The normalized spacial score (nSPS) is 20.7. The van der Waals surface area contributed by atoms with Gasteiger partial charge in [-0.1, -0.05) is 19.1 Å². The van der Waals surface area contributed by atoms with Crippen molar-refractivity contribution in [1.29, 1.82) is 0 Å². The highest BCUT2D eigenvalue weighted by Gasteiger charge is 2.28. The molecular weight excluding hydrogens is 324 g/mol. The van der Waals surface area contributed by atoms with Gasteiger partial charge in [0.15, 0.2) is 0 Å². The van der Waals surface area contributed by atoms with E-state index in [9.17, 15) is 13.2 Å². The molecule has 0 aliphatic carbocycles. The highest BCUT2D eigenvalue weighted by molar-refractivity contribution is 7.89. The Morgan fingerprint density at radius 2 is 1.75 bits per heavy atom. The van der Waals surface area contributed by atoms with Crippen LogP contribution in [0.25, 0.3) is 0 Å². The van der Waals surface area contributed by atoms with Crippen molar-refractivity contribution in [3.8, 4) is 0 Å². The standard InChI is InChI=1S/C18H26N2O3S/c1-15-8-13-20(14-9-15)24(22,23)17-6-4-16(5-7-17)10-12-19-11-2-3-18(19)21/h4-7,15H,2-3,8-14H2,1H3. The fourth-order valence-electron chi connectivity index (χ4n) is 3.41. The van der Waals surface area contributed by atoms with E-state index in [0.717, 1.165) is 44.3 Å². The molecule has 2 saturated heterocycles. The molecule has 2 aliphatic rings. The van der Waals surface area contributed by atoms with Gasteiger partial charge >= 0.3 is 0 Å². The van der Waals surface area contributed by atoms with Crippen LogP contribution in [0.2, 0.25) is 0 Å². The lowest BCUT2D eigenvalue weighted by Crippen LogP contribution is -2.37. The lowest BCUT2D eigenvalue weighted by atomic mass is 10.0. The second-order valence-corrected chi connectivity index (χ2v) is 8.90. The maximum Gasteiger partial charge on any atom is 0.243 e. The van der Waals surface area contributed by atoms with Crippen LogP contribution in [0.4, 0.5) is 0 Å². The number of carbonyl (C=O) groups is 1. The van der Waals surface area contributed by atoms with Crippen LogP contribution in [-0.2, 0) is 21.2 Å². The minimum absolute atomic E-state index is 0.230. The summed E-state index contributed by atoms with van der Waals surface area (Å²) in [6, 6.07) is 7.16. The topological polar surface area (TPSA) is 57.7 Å². The zero-order valence-electron chi connectivity index (χ0n) is 14.3. The number of nitrogens with zero attached hydrogens (tertiary/aromatic N) is 2. The van der Waals surface area contributed by atoms with Crippen LogP contribution in [0.5, 0.6) is 0 Å². The lowest BCUT2D eigenvalue weighted by molar-refractivity contribution is -0.127. The van der Waals surface area contributed by atoms with E-state index in [1.807, 2.05) is 17.0 Å². The van der Waals surface area contributed by atoms with Gasteiger partial charge in [-0.2, -0.15) is 4.31 Å². The molecule has 2 heterocycles. The summed E-state index contributed by atoms with van der Waals surface area (Å²) < 4.78 is 27.0. The number of benzene rings is 1. The highest BCUT2D eigenvalue weighted by atomic mass is 32.2. The van der Waals surface area contributed by atoms with Crippen LogP contribution in [0, 0.1) is 5.92 Å². The molecule has 0 spiro atoms. The molecule has 1 aromatic carbocycles. The quantitative estimate of drug-likeness (QED) is 0.818. The lowest BCUT2D eigenvalue weighted by Gasteiger charge is -2.29. The van der Waals surface area contributed by atoms with E-state index in [1.54, 1.807) is 16.4 Å². The summed E-state index contributed by atoms with van der Waals surface area (Å²) in [5, 5.41) is 0. The number of carbonyl (C=O) groups excluding carboxylic acids is 1. The first kappa shape index (κ1) is 17.4. The van der Waals surface area contributed by atoms with Crippen LogP contribution in [0.1, 0.15) is 38.2 Å². The molecule has 0 radical (unpaired) electrons. The highest BCUT2D eigenvalue weighted by Crippen LogP contribution is 2.23. The molecule has 1 aromatic rings. The summed E-state index contributed by atoms with van der Waals surface area (Å²) in [5.74, 6) is 0.834. The van der Waals surface area contributed by atoms with Crippen molar-refractivity contribution >= 4 is 15.9 Å². The van der Waals surface area contributed by atoms with Crippen LogP contribution >= 0.6 is 0 Å². The zero-order chi connectivity index (χ0) is 17.2. The molecule has 5 nitrogen and oxygen atoms in total. The Balaban J connectivity index is 1.62. The number of hydrogen-bond donors (Lipinski definition) is 0. The van der Waals surface area contributed by atoms with Crippen molar-refractivity contribution in [2.24, 2.45) is 5.92 Å². The summed E-state index contributed by atoms with van der Waals surface area (Å²) in [4.78, 5) is 13.9. The van der Waals surface area contributed by atoms with Gasteiger partial charge in [-0.05, 0) is 49.3 Å². The largest absolute Gasteiger partial charge is 0.342 e. The van der Waals surface area contributed by atoms with Gasteiger partial charge in [0.05, 0.1) is 4.90 Å². The third-order valence-electron chi connectivity index (χ3n) is 5.15. The van der Waals surface area contributed by atoms with Crippen molar-refractivity contribution in [1.82, 2.24) is 9.21 Å². The number of rotatable bonds is 5. The van der Waals surface area contributed by atoms with Crippen molar-refractivity contribution in [2.75, 3.05) is 26.2 Å². The van der Waals surface area contributed by atoms with Crippen molar-refractivity contribution in [3.63, 3.8) is 0 Å². The van der Waals surface area contributed by atoms with E-state index in [-0.39, 0.29) is 5.91 Å². The van der Waals surface area contributed by atoms with E-state index in [4.69, 9.17) is 0 Å². The fraction of sp³-hybridized carbons (Fsp3) is 0.611. The van der Waals surface area contributed by atoms with E-state index in [0.29, 0.717) is 30.3 Å². The summed E-state index contributed by atoms with van der Waals surface area (Å²) >= 11 is 0. The maximum atomic E-state index is 12.7. The summed E-state index contributed by atoms with van der Waals surface area (Å²) in [6.45, 7) is 4.96. The van der Waals surface area contributed by atoms with Crippen LogP contribution in [-0.4, -0.2) is 49.7 Å². The Kier molecular flexibility index (Phi) is 5.25. The van der Waals surface area contributed by atoms with Gasteiger partial charge in [0, 0.05) is 32.6 Å². The van der Waals surface area contributed by atoms with Gasteiger partial charge in [0.2, 0.25) is 15.9 Å². The van der Waals surface area contributed by atoms with Crippen molar-refractivity contribution in [2.45, 2.75) is 43.9 Å². The van der Waals surface area contributed by atoms with E-state index in [2.05, 4.69) is 6.92 Å².